The van der Waals surface area contributed by atoms with Gasteiger partial charge in [0.1, 0.15) is 17.3 Å². The Morgan fingerprint density at radius 2 is 2.06 bits per heavy atom. The molecule has 0 saturated heterocycles. The zero-order valence-corrected chi connectivity index (χ0v) is 11.0. The zero-order valence-electron chi connectivity index (χ0n) is 10.2. The highest BCUT2D eigenvalue weighted by atomic mass is 35.5. The minimum absolute atomic E-state index is 0.0370. The van der Waals surface area contributed by atoms with Gasteiger partial charge in [-0.15, -0.1) is 0 Å². The molecule has 0 fully saturated rings. The number of furan rings is 1. The summed E-state index contributed by atoms with van der Waals surface area (Å²) in [6.07, 6.45) is 0. The highest BCUT2D eigenvalue weighted by Crippen LogP contribution is 2.25. The lowest BCUT2D eigenvalue weighted by Gasteiger charge is -2.14. The van der Waals surface area contributed by atoms with Crippen LogP contribution < -0.4 is 10.5 Å². The van der Waals surface area contributed by atoms with Gasteiger partial charge in [0.25, 0.3) is 0 Å². The Hall–Kier alpha value is -1.45. The van der Waals surface area contributed by atoms with Gasteiger partial charge in [-0.1, -0.05) is 23.7 Å². The average Bonchev–Trinajstić information content (AvgIpc) is 2.79. The lowest BCUT2D eigenvalue weighted by atomic mass is 10.1. The van der Waals surface area contributed by atoms with Crippen LogP contribution in [-0.4, -0.2) is 13.2 Å². The smallest absolute Gasteiger partial charge is 0.137 e. The number of aryl methyl sites for hydroxylation is 1. The van der Waals surface area contributed by atoms with Gasteiger partial charge in [0.15, 0.2) is 0 Å². The first-order valence-electron chi connectivity index (χ1n) is 5.84. The molecule has 1 unspecified atom stereocenters. The van der Waals surface area contributed by atoms with Gasteiger partial charge in [-0.2, -0.15) is 0 Å². The third-order valence-corrected chi connectivity index (χ3v) is 3.04. The molecular formula is C14H16ClNO2. The van der Waals surface area contributed by atoms with E-state index in [1.54, 1.807) is 6.07 Å². The van der Waals surface area contributed by atoms with Crippen LogP contribution in [0.2, 0.25) is 5.02 Å². The molecule has 2 aromatic rings. The lowest BCUT2D eigenvalue weighted by molar-refractivity contribution is 0.271. The third-order valence-electron chi connectivity index (χ3n) is 2.72. The molecule has 0 spiro atoms. The Balaban J connectivity index is 2.02. The maximum atomic E-state index is 6.02. The van der Waals surface area contributed by atoms with Gasteiger partial charge in [0.05, 0.1) is 17.5 Å². The first kappa shape index (κ1) is 13.0. The van der Waals surface area contributed by atoms with E-state index in [2.05, 4.69) is 0 Å². The van der Waals surface area contributed by atoms with Crippen molar-refractivity contribution in [2.24, 2.45) is 5.73 Å². The van der Waals surface area contributed by atoms with Crippen molar-refractivity contribution in [3.05, 3.63) is 52.9 Å². The molecule has 1 heterocycles. The molecule has 0 radical (unpaired) electrons. The molecule has 2 N–H and O–H groups in total. The summed E-state index contributed by atoms with van der Waals surface area (Å²) in [6, 6.07) is 11.2. The van der Waals surface area contributed by atoms with Crippen molar-refractivity contribution in [3.8, 4) is 5.75 Å². The average molecular weight is 266 g/mol. The molecule has 0 aliphatic rings. The Labute approximate surface area is 111 Å². The van der Waals surface area contributed by atoms with Gasteiger partial charge >= 0.3 is 0 Å². The first-order valence-corrected chi connectivity index (χ1v) is 6.22. The molecule has 1 aromatic carbocycles. The lowest BCUT2D eigenvalue weighted by Crippen LogP contribution is -2.19. The van der Waals surface area contributed by atoms with Crippen molar-refractivity contribution >= 4 is 11.6 Å². The maximum Gasteiger partial charge on any atom is 0.137 e. The molecule has 2 rings (SSSR count). The Morgan fingerprint density at radius 1 is 1.28 bits per heavy atom. The second-order valence-electron chi connectivity index (χ2n) is 4.12. The zero-order chi connectivity index (χ0) is 13.0. The maximum absolute atomic E-state index is 6.02. The van der Waals surface area contributed by atoms with Crippen molar-refractivity contribution in [2.45, 2.75) is 12.8 Å². The quantitative estimate of drug-likeness (QED) is 0.902. The van der Waals surface area contributed by atoms with E-state index in [0.717, 1.165) is 11.5 Å². The molecule has 96 valence electrons. The largest absolute Gasteiger partial charge is 0.491 e. The van der Waals surface area contributed by atoms with Crippen LogP contribution in [0.5, 0.6) is 5.75 Å². The van der Waals surface area contributed by atoms with E-state index >= 15 is 0 Å². The van der Waals surface area contributed by atoms with Crippen LogP contribution in [-0.2, 0) is 0 Å². The number of ether oxygens (including phenoxy) is 1. The standard InChI is InChI=1S/C14H16ClNO2/c1-10-6-7-13(18-10)11(8-16)9-17-14-5-3-2-4-12(14)15/h2-7,11H,8-9,16H2,1H3. The van der Waals surface area contributed by atoms with Crippen LogP contribution in [0.3, 0.4) is 0 Å². The normalized spacial score (nSPS) is 12.4. The summed E-state index contributed by atoms with van der Waals surface area (Å²) in [5.74, 6) is 2.43. The van der Waals surface area contributed by atoms with Crippen LogP contribution in [0.1, 0.15) is 17.4 Å². The van der Waals surface area contributed by atoms with E-state index in [1.807, 2.05) is 37.3 Å². The van der Waals surface area contributed by atoms with Crippen LogP contribution >= 0.6 is 11.6 Å². The highest BCUT2D eigenvalue weighted by molar-refractivity contribution is 6.32. The summed E-state index contributed by atoms with van der Waals surface area (Å²) in [6.45, 7) is 2.83. The van der Waals surface area contributed by atoms with Crippen molar-refractivity contribution < 1.29 is 9.15 Å². The molecule has 1 atom stereocenters. The number of nitrogens with two attached hydrogens (primary N) is 1. The molecule has 18 heavy (non-hydrogen) atoms. The summed E-state index contributed by atoms with van der Waals surface area (Å²) in [5.41, 5.74) is 5.74. The number of rotatable bonds is 5. The van der Waals surface area contributed by atoms with Gasteiger partial charge in [-0.25, -0.2) is 0 Å². The SMILES string of the molecule is Cc1ccc(C(CN)COc2ccccc2Cl)o1. The molecular weight excluding hydrogens is 250 g/mol. The fraction of sp³-hybridized carbons (Fsp3) is 0.286. The Bertz CT molecular complexity index is 510. The number of hydrogen-bond acceptors (Lipinski definition) is 3. The summed E-state index contributed by atoms with van der Waals surface area (Å²) in [7, 11) is 0. The van der Waals surface area contributed by atoms with Gasteiger partial charge in [0, 0.05) is 6.54 Å². The predicted molar refractivity (Wildman–Crippen MR) is 72.2 cm³/mol. The van der Waals surface area contributed by atoms with E-state index in [-0.39, 0.29) is 5.92 Å². The Morgan fingerprint density at radius 3 is 2.67 bits per heavy atom. The van der Waals surface area contributed by atoms with Crippen LogP contribution in [0.4, 0.5) is 0 Å². The van der Waals surface area contributed by atoms with E-state index in [1.165, 1.54) is 0 Å². The molecule has 0 aliphatic carbocycles. The van der Waals surface area contributed by atoms with Crippen molar-refractivity contribution in [2.75, 3.05) is 13.2 Å². The molecule has 0 saturated carbocycles. The molecule has 0 amide bonds. The molecule has 0 aliphatic heterocycles. The second-order valence-corrected chi connectivity index (χ2v) is 4.53. The summed E-state index contributed by atoms with van der Waals surface area (Å²) in [4.78, 5) is 0. The van der Waals surface area contributed by atoms with E-state index in [4.69, 9.17) is 26.5 Å². The van der Waals surface area contributed by atoms with Crippen LogP contribution in [0, 0.1) is 6.92 Å². The van der Waals surface area contributed by atoms with Crippen molar-refractivity contribution in [1.82, 2.24) is 0 Å². The first-order chi connectivity index (χ1) is 8.70. The summed E-state index contributed by atoms with van der Waals surface area (Å²) in [5, 5.41) is 0.601. The van der Waals surface area contributed by atoms with Crippen LogP contribution in [0.25, 0.3) is 0 Å². The van der Waals surface area contributed by atoms with E-state index in [0.29, 0.717) is 23.9 Å². The molecule has 0 bridgehead atoms. The van der Waals surface area contributed by atoms with Crippen LogP contribution in [0.15, 0.2) is 40.8 Å². The van der Waals surface area contributed by atoms with Gasteiger partial charge in [-0.3, -0.25) is 0 Å². The fourth-order valence-electron chi connectivity index (χ4n) is 1.69. The van der Waals surface area contributed by atoms with E-state index < -0.39 is 0 Å². The monoisotopic (exact) mass is 265 g/mol. The Kier molecular flexibility index (Phi) is 4.28. The molecule has 3 nitrogen and oxygen atoms in total. The van der Waals surface area contributed by atoms with Gasteiger partial charge in [-0.05, 0) is 31.2 Å². The molecule has 4 heteroatoms. The second kappa shape index (κ2) is 5.94. The third kappa shape index (κ3) is 3.06. The summed E-state index contributed by atoms with van der Waals surface area (Å²) >= 11 is 6.02. The van der Waals surface area contributed by atoms with Crippen molar-refractivity contribution in [3.63, 3.8) is 0 Å². The fourth-order valence-corrected chi connectivity index (χ4v) is 1.88. The van der Waals surface area contributed by atoms with E-state index in [9.17, 15) is 0 Å². The van der Waals surface area contributed by atoms with Gasteiger partial charge < -0.3 is 14.9 Å². The van der Waals surface area contributed by atoms with Crippen molar-refractivity contribution in [1.29, 1.82) is 0 Å². The topological polar surface area (TPSA) is 48.4 Å². The number of hydrogen-bond donors (Lipinski definition) is 1. The minimum atomic E-state index is 0.0370. The number of para-hydroxylation sites is 1. The summed E-state index contributed by atoms with van der Waals surface area (Å²) < 4.78 is 11.2. The predicted octanol–water partition coefficient (Wildman–Crippen LogP) is 3.36. The molecule has 1 aromatic heterocycles. The highest BCUT2D eigenvalue weighted by Gasteiger charge is 2.15. The number of benzene rings is 1. The van der Waals surface area contributed by atoms with Gasteiger partial charge in [0.2, 0.25) is 0 Å². The minimum Gasteiger partial charge on any atom is -0.491 e. The number of halogens is 1.